The Morgan fingerprint density at radius 2 is 2.16 bits per heavy atom. The highest BCUT2D eigenvalue weighted by Gasteiger charge is 2.02. The van der Waals surface area contributed by atoms with Crippen LogP contribution in [0.2, 0.25) is 0 Å². The molecule has 0 saturated carbocycles. The molecular formula is C13H20BrFIN3. The fourth-order valence-corrected chi connectivity index (χ4v) is 1.87. The van der Waals surface area contributed by atoms with Crippen molar-refractivity contribution in [3.05, 3.63) is 34.1 Å². The van der Waals surface area contributed by atoms with Crippen LogP contribution < -0.4 is 11.1 Å². The lowest BCUT2D eigenvalue weighted by Crippen LogP contribution is -2.36. The Bertz CT molecular complexity index is 424. The van der Waals surface area contributed by atoms with Crippen molar-refractivity contribution in [2.75, 3.05) is 6.54 Å². The number of rotatable bonds is 5. The second-order valence-electron chi connectivity index (χ2n) is 4.41. The highest BCUT2D eigenvalue weighted by Crippen LogP contribution is 2.16. The minimum Gasteiger partial charge on any atom is -0.370 e. The van der Waals surface area contributed by atoms with Gasteiger partial charge in [-0.25, -0.2) is 4.39 Å². The third-order valence-corrected chi connectivity index (χ3v) is 2.83. The van der Waals surface area contributed by atoms with E-state index < -0.39 is 0 Å². The van der Waals surface area contributed by atoms with Crippen LogP contribution in [0.25, 0.3) is 0 Å². The van der Waals surface area contributed by atoms with Gasteiger partial charge in [-0.05, 0) is 44.4 Å². The van der Waals surface area contributed by atoms with Crippen molar-refractivity contribution in [1.82, 2.24) is 5.32 Å². The fourth-order valence-electron chi connectivity index (χ4n) is 1.53. The van der Waals surface area contributed by atoms with E-state index >= 15 is 0 Å². The van der Waals surface area contributed by atoms with Gasteiger partial charge in [0.2, 0.25) is 0 Å². The van der Waals surface area contributed by atoms with Crippen molar-refractivity contribution >= 4 is 45.9 Å². The standard InChI is InChI=1S/C13H19BrFN3.HI/c1-9(2)18-13(16)17-7-3-4-10-5-6-11(14)8-12(10)15;/h5-6,8-9H,3-4,7H2,1-2H3,(H3,16,17,18);1H. The maximum absolute atomic E-state index is 13.5. The Morgan fingerprint density at radius 3 is 2.74 bits per heavy atom. The van der Waals surface area contributed by atoms with Crippen LogP contribution in [-0.2, 0) is 6.42 Å². The summed E-state index contributed by atoms with van der Waals surface area (Å²) >= 11 is 3.23. The van der Waals surface area contributed by atoms with Crippen molar-refractivity contribution in [2.24, 2.45) is 10.7 Å². The third-order valence-electron chi connectivity index (χ3n) is 2.34. The molecule has 0 radical (unpaired) electrons. The smallest absolute Gasteiger partial charge is 0.188 e. The maximum atomic E-state index is 13.5. The van der Waals surface area contributed by atoms with Gasteiger partial charge in [-0.15, -0.1) is 24.0 Å². The first-order valence-corrected chi connectivity index (χ1v) is 6.78. The van der Waals surface area contributed by atoms with Crippen LogP contribution in [0.15, 0.2) is 27.7 Å². The van der Waals surface area contributed by atoms with Gasteiger partial charge in [0, 0.05) is 17.1 Å². The minimum absolute atomic E-state index is 0. The van der Waals surface area contributed by atoms with E-state index in [2.05, 4.69) is 26.2 Å². The first kappa shape index (κ1) is 18.6. The van der Waals surface area contributed by atoms with Crippen LogP contribution in [0.4, 0.5) is 4.39 Å². The van der Waals surface area contributed by atoms with Crippen molar-refractivity contribution in [2.45, 2.75) is 32.7 Å². The van der Waals surface area contributed by atoms with Gasteiger partial charge in [-0.2, -0.15) is 0 Å². The first-order chi connectivity index (χ1) is 8.49. The zero-order valence-corrected chi connectivity index (χ0v) is 15.0. The molecule has 3 nitrogen and oxygen atoms in total. The van der Waals surface area contributed by atoms with Crippen molar-refractivity contribution in [3.63, 3.8) is 0 Å². The molecule has 0 bridgehead atoms. The summed E-state index contributed by atoms with van der Waals surface area (Å²) < 4.78 is 14.3. The van der Waals surface area contributed by atoms with E-state index in [9.17, 15) is 4.39 Å². The summed E-state index contributed by atoms with van der Waals surface area (Å²) in [6, 6.07) is 5.39. The number of aliphatic imine (C=N–C) groups is 1. The Balaban J connectivity index is 0.00000324. The monoisotopic (exact) mass is 443 g/mol. The van der Waals surface area contributed by atoms with Crippen molar-refractivity contribution in [1.29, 1.82) is 0 Å². The third kappa shape index (κ3) is 7.71. The number of aryl methyl sites for hydroxylation is 1. The predicted molar refractivity (Wildman–Crippen MR) is 92.6 cm³/mol. The predicted octanol–water partition coefficient (Wildman–Crippen LogP) is 3.45. The average Bonchev–Trinajstić information content (AvgIpc) is 2.25. The number of halogens is 3. The van der Waals surface area contributed by atoms with Crippen LogP contribution in [0.1, 0.15) is 25.8 Å². The number of guanidine groups is 1. The minimum atomic E-state index is -0.179. The Morgan fingerprint density at radius 1 is 1.47 bits per heavy atom. The molecule has 3 N–H and O–H groups in total. The van der Waals surface area contributed by atoms with Gasteiger partial charge < -0.3 is 11.1 Å². The molecule has 0 aliphatic rings. The number of nitrogens with one attached hydrogen (secondary N) is 1. The van der Waals surface area contributed by atoms with Crippen LogP contribution in [0.3, 0.4) is 0 Å². The van der Waals surface area contributed by atoms with Gasteiger partial charge in [0.05, 0.1) is 0 Å². The number of hydrogen-bond acceptors (Lipinski definition) is 1. The van der Waals surface area contributed by atoms with Crippen LogP contribution in [0.5, 0.6) is 0 Å². The van der Waals surface area contributed by atoms with Gasteiger partial charge in [0.15, 0.2) is 5.96 Å². The van der Waals surface area contributed by atoms with Crippen molar-refractivity contribution < 1.29 is 4.39 Å². The summed E-state index contributed by atoms with van der Waals surface area (Å²) in [7, 11) is 0. The van der Waals surface area contributed by atoms with E-state index in [0.29, 0.717) is 24.5 Å². The molecule has 0 atom stereocenters. The molecule has 0 aliphatic carbocycles. The molecule has 19 heavy (non-hydrogen) atoms. The van der Waals surface area contributed by atoms with Crippen molar-refractivity contribution in [3.8, 4) is 0 Å². The SMILES string of the molecule is CC(C)NC(N)=NCCCc1ccc(Br)cc1F.I. The van der Waals surface area contributed by atoms with Gasteiger partial charge in [-0.3, -0.25) is 4.99 Å². The van der Waals surface area contributed by atoms with E-state index in [1.165, 1.54) is 6.07 Å². The largest absolute Gasteiger partial charge is 0.370 e. The second-order valence-corrected chi connectivity index (χ2v) is 5.32. The molecule has 0 spiro atoms. The highest BCUT2D eigenvalue weighted by molar-refractivity contribution is 14.0. The summed E-state index contributed by atoms with van der Waals surface area (Å²) in [5.74, 6) is 0.267. The molecule has 1 aromatic carbocycles. The summed E-state index contributed by atoms with van der Waals surface area (Å²) in [6.07, 6.45) is 1.44. The maximum Gasteiger partial charge on any atom is 0.188 e. The molecule has 0 aliphatic heterocycles. The van der Waals surface area contributed by atoms with Gasteiger partial charge >= 0.3 is 0 Å². The fraction of sp³-hybridized carbons (Fsp3) is 0.462. The Labute approximate surface area is 139 Å². The summed E-state index contributed by atoms with van der Waals surface area (Å²) in [6.45, 7) is 4.60. The zero-order chi connectivity index (χ0) is 13.5. The van der Waals surface area contributed by atoms with E-state index in [-0.39, 0.29) is 35.8 Å². The van der Waals surface area contributed by atoms with Crippen LogP contribution >= 0.6 is 39.9 Å². The number of nitrogens with zero attached hydrogens (tertiary/aromatic N) is 1. The Kier molecular flexibility index (Phi) is 9.34. The molecular weight excluding hydrogens is 424 g/mol. The molecule has 0 fully saturated rings. The topological polar surface area (TPSA) is 50.4 Å². The van der Waals surface area contributed by atoms with E-state index in [0.717, 1.165) is 10.9 Å². The lowest BCUT2D eigenvalue weighted by Gasteiger charge is -2.08. The van der Waals surface area contributed by atoms with Gasteiger partial charge in [-0.1, -0.05) is 22.0 Å². The van der Waals surface area contributed by atoms with E-state index in [4.69, 9.17) is 5.73 Å². The molecule has 1 rings (SSSR count). The average molecular weight is 444 g/mol. The van der Waals surface area contributed by atoms with Gasteiger partial charge in [0.1, 0.15) is 5.82 Å². The van der Waals surface area contributed by atoms with Crippen LogP contribution in [0, 0.1) is 5.82 Å². The molecule has 0 aromatic heterocycles. The lowest BCUT2D eigenvalue weighted by molar-refractivity contribution is 0.604. The molecule has 6 heteroatoms. The number of benzene rings is 1. The quantitative estimate of drug-likeness (QED) is 0.317. The number of nitrogens with two attached hydrogens (primary N) is 1. The van der Waals surface area contributed by atoms with Gasteiger partial charge in [0.25, 0.3) is 0 Å². The highest BCUT2D eigenvalue weighted by atomic mass is 127. The summed E-state index contributed by atoms with van der Waals surface area (Å²) in [5.41, 5.74) is 6.37. The summed E-state index contributed by atoms with van der Waals surface area (Å²) in [5, 5.41) is 3.01. The zero-order valence-electron chi connectivity index (χ0n) is 11.1. The first-order valence-electron chi connectivity index (χ1n) is 5.99. The second kappa shape index (κ2) is 9.52. The molecule has 0 heterocycles. The molecule has 1 aromatic rings. The normalized spacial score (nSPS) is 11.3. The molecule has 0 saturated heterocycles. The molecule has 0 amide bonds. The van der Waals surface area contributed by atoms with E-state index in [1.54, 1.807) is 6.07 Å². The van der Waals surface area contributed by atoms with E-state index in [1.807, 2.05) is 19.9 Å². The van der Waals surface area contributed by atoms with Crippen LogP contribution in [-0.4, -0.2) is 18.5 Å². The number of hydrogen-bond donors (Lipinski definition) is 2. The molecule has 108 valence electrons. The molecule has 0 unspecified atom stereocenters. The lowest BCUT2D eigenvalue weighted by atomic mass is 10.1. The summed E-state index contributed by atoms with van der Waals surface area (Å²) in [4.78, 5) is 4.18. The Hall–Kier alpha value is -0.370.